The summed E-state index contributed by atoms with van der Waals surface area (Å²) in [5.41, 5.74) is 4.55. The van der Waals surface area contributed by atoms with Gasteiger partial charge in [0, 0.05) is 0 Å². The van der Waals surface area contributed by atoms with Crippen LogP contribution in [0.25, 0.3) is 0 Å². The molecule has 3 rings (SSSR count). The maximum atomic E-state index is 12.4. The third-order valence-corrected chi connectivity index (χ3v) is 5.35. The first kappa shape index (κ1) is 21.5. The van der Waals surface area contributed by atoms with Crippen LogP contribution in [-0.2, 0) is 35.4 Å². The summed E-state index contributed by atoms with van der Waals surface area (Å²) >= 11 is 0. The Balaban J connectivity index is 1.61. The number of hydrogen-bond acceptors (Lipinski definition) is 4. The number of unbranched alkanes of at least 4 members (excludes halogenated alkanes) is 2. The molecule has 0 saturated carbocycles. The van der Waals surface area contributed by atoms with E-state index < -0.39 is 17.8 Å². The lowest BCUT2D eigenvalue weighted by molar-refractivity contribution is -0.144. The largest absolute Gasteiger partial charge is 0.461 e. The minimum Gasteiger partial charge on any atom is -0.461 e. The molecule has 1 heterocycles. The van der Waals surface area contributed by atoms with Crippen LogP contribution < -0.4 is 5.32 Å². The number of fused-ring (bicyclic) bond motifs is 1. The van der Waals surface area contributed by atoms with Crippen molar-refractivity contribution < 1.29 is 19.1 Å². The van der Waals surface area contributed by atoms with E-state index in [1.807, 2.05) is 12.1 Å². The second-order valence-corrected chi connectivity index (χ2v) is 7.45. The average molecular weight is 405 g/mol. The molecule has 156 valence electrons. The number of rotatable bonds is 10. The molecule has 0 aromatic heterocycles. The second-order valence-electron chi connectivity index (χ2n) is 7.45. The van der Waals surface area contributed by atoms with Gasteiger partial charge in [0.2, 0.25) is 0 Å². The number of esters is 1. The van der Waals surface area contributed by atoms with E-state index in [9.17, 15) is 14.4 Å². The van der Waals surface area contributed by atoms with Crippen LogP contribution in [0.3, 0.4) is 0 Å². The van der Waals surface area contributed by atoms with Gasteiger partial charge in [-0.2, -0.15) is 0 Å². The third kappa shape index (κ3) is 5.03. The fraction of sp³-hybridized carbons (Fsp3) is 0.320. The van der Waals surface area contributed by atoms with Crippen molar-refractivity contribution in [2.24, 2.45) is 0 Å². The number of ether oxygens (including phenoxy) is 1. The molecule has 1 aliphatic heterocycles. The number of carbonyl (C=O) groups excluding carboxylic acids is 3. The predicted octanol–water partition coefficient (Wildman–Crippen LogP) is 4.32. The molecule has 2 aromatic carbocycles. The van der Waals surface area contributed by atoms with Gasteiger partial charge in [-0.05, 0) is 60.4 Å². The summed E-state index contributed by atoms with van der Waals surface area (Å²) in [5, 5.41) is 2.26. The molecule has 0 spiro atoms. The smallest absolute Gasteiger partial charge is 0.310 e. The third-order valence-electron chi connectivity index (χ3n) is 5.35. The van der Waals surface area contributed by atoms with Crippen molar-refractivity contribution in [2.75, 3.05) is 0 Å². The summed E-state index contributed by atoms with van der Waals surface area (Å²) in [4.78, 5) is 36.2. The van der Waals surface area contributed by atoms with Crippen LogP contribution in [-0.4, -0.2) is 17.8 Å². The van der Waals surface area contributed by atoms with E-state index in [4.69, 9.17) is 4.74 Å². The van der Waals surface area contributed by atoms with Gasteiger partial charge < -0.3 is 4.74 Å². The van der Waals surface area contributed by atoms with Crippen molar-refractivity contribution in [2.45, 2.75) is 52.1 Å². The zero-order valence-electron chi connectivity index (χ0n) is 17.3. The van der Waals surface area contributed by atoms with E-state index in [2.05, 4.69) is 31.0 Å². The number of carbonyl (C=O) groups is 3. The Morgan fingerprint density at radius 3 is 2.67 bits per heavy atom. The SMILES string of the molecule is C=CCCCCc1ccc(COC(=O)Cc2cccc3c2C(=O)NC3=O)c(CC)c1. The summed E-state index contributed by atoms with van der Waals surface area (Å²) < 4.78 is 5.48. The van der Waals surface area contributed by atoms with Crippen molar-refractivity contribution in [3.63, 3.8) is 0 Å². The van der Waals surface area contributed by atoms with Gasteiger partial charge in [-0.25, -0.2) is 0 Å². The highest BCUT2D eigenvalue weighted by atomic mass is 16.5. The van der Waals surface area contributed by atoms with E-state index in [0.29, 0.717) is 11.1 Å². The van der Waals surface area contributed by atoms with Gasteiger partial charge in [-0.3, -0.25) is 19.7 Å². The fourth-order valence-corrected chi connectivity index (χ4v) is 3.73. The highest BCUT2D eigenvalue weighted by molar-refractivity contribution is 6.22. The van der Waals surface area contributed by atoms with Crippen LogP contribution in [0.4, 0.5) is 0 Å². The number of benzene rings is 2. The number of nitrogens with one attached hydrogen (secondary N) is 1. The maximum absolute atomic E-state index is 12.4. The van der Waals surface area contributed by atoms with Crippen molar-refractivity contribution in [1.29, 1.82) is 0 Å². The van der Waals surface area contributed by atoms with Crippen LogP contribution in [0.1, 0.15) is 69.2 Å². The molecular weight excluding hydrogens is 378 g/mol. The fourth-order valence-electron chi connectivity index (χ4n) is 3.73. The Bertz CT molecular complexity index is 977. The highest BCUT2D eigenvalue weighted by Crippen LogP contribution is 2.21. The zero-order chi connectivity index (χ0) is 21.5. The minimum absolute atomic E-state index is 0.0489. The molecule has 0 fully saturated rings. The van der Waals surface area contributed by atoms with Crippen molar-refractivity contribution in [3.05, 3.63) is 82.4 Å². The van der Waals surface area contributed by atoms with E-state index in [1.54, 1.807) is 18.2 Å². The van der Waals surface area contributed by atoms with Gasteiger partial charge in [-0.15, -0.1) is 6.58 Å². The number of hydrogen-bond donors (Lipinski definition) is 1. The molecule has 0 bridgehead atoms. The Hall–Kier alpha value is -3.21. The first-order chi connectivity index (χ1) is 14.5. The van der Waals surface area contributed by atoms with Gasteiger partial charge >= 0.3 is 5.97 Å². The number of allylic oxidation sites excluding steroid dienone is 1. The number of imide groups is 1. The van der Waals surface area contributed by atoms with Gasteiger partial charge in [-0.1, -0.05) is 43.3 Å². The number of amides is 2. The van der Waals surface area contributed by atoms with E-state index >= 15 is 0 Å². The van der Waals surface area contributed by atoms with Crippen molar-refractivity contribution in [1.82, 2.24) is 5.32 Å². The first-order valence-corrected chi connectivity index (χ1v) is 10.4. The summed E-state index contributed by atoms with van der Waals surface area (Å²) in [6.45, 7) is 6.03. The quantitative estimate of drug-likeness (QED) is 0.277. The predicted molar refractivity (Wildman–Crippen MR) is 115 cm³/mol. The minimum atomic E-state index is -0.463. The molecule has 5 heteroatoms. The van der Waals surface area contributed by atoms with Crippen LogP contribution >= 0.6 is 0 Å². The van der Waals surface area contributed by atoms with Crippen LogP contribution in [0.5, 0.6) is 0 Å². The summed E-state index contributed by atoms with van der Waals surface area (Å²) in [6.07, 6.45) is 7.09. The monoisotopic (exact) mass is 405 g/mol. The van der Waals surface area contributed by atoms with Gasteiger partial charge in [0.05, 0.1) is 17.5 Å². The Kier molecular flexibility index (Phi) is 7.17. The molecule has 5 nitrogen and oxygen atoms in total. The molecule has 1 aliphatic rings. The first-order valence-electron chi connectivity index (χ1n) is 10.4. The average Bonchev–Trinajstić information content (AvgIpc) is 3.04. The zero-order valence-corrected chi connectivity index (χ0v) is 17.3. The van der Waals surface area contributed by atoms with Crippen LogP contribution in [0, 0.1) is 0 Å². The van der Waals surface area contributed by atoms with Crippen LogP contribution in [0.2, 0.25) is 0 Å². The molecular formula is C25H27NO4. The van der Waals surface area contributed by atoms with Crippen LogP contribution in [0.15, 0.2) is 49.1 Å². The van der Waals surface area contributed by atoms with Gasteiger partial charge in [0.25, 0.3) is 11.8 Å². The Morgan fingerprint density at radius 1 is 1.07 bits per heavy atom. The summed E-state index contributed by atoms with van der Waals surface area (Å²) in [5.74, 6) is -1.32. The number of aryl methyl sites for hydroxylation is 2. The summed E-state index contributed by atoms with van der Waals surface area (Å²) in [7, 11) is 0. The topological polar surface area (TPSA) is 72.5 Å². The van der Waals surface area contributed by atoms with E-state index in [1.165, 1.54) is 11.1 Å². The molecule has 0 radical (unpaired) electrons. The molecule has 1 N–H and O–H groups in total. The lowest BCUT2D eigenvalue weighted by Crippen LogP contribution is -2.20. The Labute approximate surface area is 177 Å². The standard InChI is InChI=1S/C25H27NO4/c1-3-5-6-7-9-17-12-13-20(18(4-2)14-17)16-30-22(27)15-19-10-8-11-21-23(19)25(29)26-24(21)28/h3,8,10-14H,1,4-7,9,15-16H2,2H3,(H,26,28,29). The van der Waals surface area contributed by atoms with E-state index in [-0.39, 0.29) is 18.6 Å². The lowest BCUT2D eigenvalue weighted by Gasteiger charge is -2.12. The lowest BCUT2D eigenvalue weighted by atomic mass is 9.99. The molecule has 0 saturated heterocycles. The van der Waals surface area contributed by atoms with Crippen molar-refractivity contribution >= 4 is 17.8 Å². The molecule has 2 aromatic rings. The Morgan fingerprint density at radius 2 is 1.90 bits per heavy atom. The summed E-state index contributed by atoms with van der Waals surface area (Å²) in [6, 6.07) is 11.2. The van der Waals surface area contributed by atoms with Gasteiger partial charge in [0.1, 0.15) is 6.61 Å². The van der Waals surface area contributed by atoms with Crippen molar-refractivity contribution in [3.8, 4) is 0 Å². The molecule has 0 unspecified atom stereocenters. The normalized spacial score (nSPS) is 12.4. The molecule has 0 aliphatic carbocycles. The molecule has 30 heavy (non-hydrogen) atoms. The second kappa shape index (κ2) is 10.0. The maximum Gasteiger partial charge on any atom is 0.310 e. The van der Waals surface area contributed by atoms with Gasteiger partial charge in [0.15, 0.2) is 0 Å². The molecule has 2 amide bonds. The highest BCUT2D eigenvalue weighted by Gasteiger charge is 2.29. The molecule has 0 atom stereocenters. The van der Waals surface area contributed by atoms with E-state index in [0.717, 1.165) is 37.7 Å².